The Hall–Kier alpha value is 1.38. The van der Waals surface area contributed by atoms with Crippen molar-refractivity contribution < 1.29 is 17.1 Å². The van der Waals surface area contributed by atoms with E-state index in [1.165, 1.54) is 85.3 Å². The van der Waals surface area contributed by atoms with Crippen molar-refractivity contribution in [3.05, 3.63) is 0 Å². The molecule has 2 aliphatic heterocycles. The van der Waals surface area contributed by atoms with Crippen LogP contribution in [-0.2, 0) is 17.1 Å². The standard InChI is InChI=1S/2C12H23P.Fe/c2*1-3-10-9-11(4-2)13(10)12-7-5-6-8-12;/h2*10-12H,3-9H2,1-2H3;. The van der Waals surface area contributed by atoms with E-state index in [2.05, 4.69) is 27.7 Å². The van der Waals surface area contributed by atoms with Gasteiger partial charge in [0.05, 0.1) is 0 Å². The molecule has 0 aromatic rings. The van der Waals surface area contributed by atoms with Crippen molar-refractivity contribution >= 4 is 15.8 Å². The first-order chi connectivity index (χ1) is 12.7. The molecule has 4 rings (SSSR count). The van der Waals surface area contributed by atoms with Crippen LogP contribution in [0.3, 0.4) is 0 Å². The Kier molecular flexibility index (Phi) is 11.2. The van der Waals surface area contributed by atoms with E-state index in [1.54, 1.807) is 38.5 Å². The predicted octanol–water partition coefficient (Wildman–Crippen LogP) is 8.74. The summed E-state index contributed by atoms with van der Waals surface area (Å²) in [5.41, 5.74) is 7.06. The van der Waals surface area contributed by atoms with E-state index in [0.29, 0.717) is 15.8 Å². The largest absolute Gasteiger partial charge is 0.0971 e. The zero-order chi connectivity index (χ0) is 18.5. The zero-order valence-corrected chi connectivity index (χ0v) is 21.5. The van der Waals surface area contributed by atoms with Crippen LogP contribution in [0.4, 0.5) is 0 Å². The van der Waals surface area contributed by atoms with Gasteiger partial charge in [-0.2, -0.15) is 0 Å². The fourth-order valence-electron chi connectivity index (χ4n) is 6.54. The van der Waals surface area contributed by atoms with Crippen LogP contribution < -0.4 is 0 Å². The van der Waals surface area contributed by atoms with Crippen LogP contribution in [0, 0.1) is 0 Å². The van der Waals surface area contributed by atoms with Gasteiger partial charge in [0.1, 0.15) is 0 Å². The van der Waals surface area contributed by atoms with Crippen LogP contribution in [0.25, 0.3) is 0 Å². The van der Waals surface area contributed by atoms with E-state index in [4.69, 9.17) is 0 Å². The molecule has 2 saturated carbocycles. The Labute approximate surface area is 184 Å². The first-order valence-electron chi connectivity index (χ1n) is 12.3. The molecule has 0 bridgehead atoms. The molecule has 2 aliphatic carbocycles. The van der Waals surface area contributed by atoms with Gasteiger partial charge in [-0.15, -0.1) is 0 Å². The van der Waals surface area contributed by atoms with Crippen LogP contribution in [0.2, 0.25) is 0 Å². The molecule has 4 aliphatic rings. The third-order valence-electron chi connectivity index (χ3n) is 8.15. The van der Waals surface area contributed by atoms with Gasteiger partial charge < -0.3 is 0 Å². The molecule has 0 spiro atoms. The molecule has 0 amide bonds. The molecule has 3 heteroatoms. The molecule has 0 nitrogen and oxygen atoms in total. The molecule has 0 aromatic carbocycles. The predicted molar refractivity (Wildman–Crippen MR) is 124 cm³/mol. The smallest absolute Gasteiger partial charge is 0 e. The minimum Gasteiger partial charge on any atom is -0.0971 e. The topological polar surface area (TPSA) is 0 Å². The number of rotatable bonds is 6. The molecule has 160 valence electrons. The van der Waals surface area contributed by atoms with E-state index < -0.39 is 0 Å². The van der Waals surface area contributed by atoms with E-state index >= 15 is 0 Å². The Bertz CT molecular complexity index is 345. The average Bonchev–Trinajstić information content (AvgIpc) is 3.30. The Balaban J connectivity index is 0.000000187. The summed E-state index contributed by atoms with van der Waals surface area (Å²) in [6.07, 6.45) is 21.5. The SMILES string of the molecule is CCC1CC(CC)P1C1CCCC1.CCC1CC(CC)P1C1CCCC1.[Fe]. The fraction of sp³-hybridized carbons (Fsp3) is 1.00. The molecule has 0 N–H and O–H groups in total. The molecular weight excluding hydrogens is 406 g/mol. The first kappa shape index (κ1) is 24.6. The van der Waals surface area contributed by atoms with Crippen molar-refractivity contribution in [2.45, 2.75) is 152 Å². The molecule has 0 aromatic heterocycles. The summed E-state index contributed by atoms with van der Waals surface area (Å²) < 4.78 is 0. The van der Waals surface area contributed by atoms with Gasteiger partial charge in [0.25, 0.3) is 0 Å². The van der Waals surface area contributed by atoms with Crippen molar-refractivity contribution in [3.8, 4) is 0 Å². The van der Waals surface area contributed by atoms with Gasteiger partial charge in [-0.25, -0.2) is 0 Å². The molecule has 27 heavy (non-hydrogen) atoms. The maximum atomic E-state index is 2.40. The van der Waals surface area contributed by atoms with Crippen LogP contribution in [0.5, 0.6) is 0 Å². The molecular formula is C24H46FeP2. The molecule has 2 saturated heterocycles. The summed E-state index contributed by atoms with van der Waals surface area (Å²) in [6.45, 7) is 9.61. The van der Waals surface area contributed by atoms with E-state index in [0.717, 1.165) is 0 Å². The fourth-order valence-corrected chi connectivity index (χ4v) is 14.9. The van der Waals surface area contributed by atoms with Gasteiger partial charge >= 0.3 is 0 Å². The number of hydrogen-bond acceptors (Lipinski definition) is 0. The number of hydrogen-bond donors (Lipinski definition) is 0. The van der Waals surface area contributed by atoms with Crippen LogP contribution >= 0.6 is 15.8 Å². The second-order valence-corrected chi connectivity index (χ2v) is 15.7. The molecule has 2 heterocycles. The summed E-state index contributed by atoms with van der Waals surface area (Å²) in [5.74, 6) is 0. The van der Waals surface area contributed by atoms with Crippen molar-refractivity contribution in [2.75, 3.05) is 0 Å². The normalized spacial score (nSPS) is 39.1. The van der Waals surface area contributed by atoms with Crippen molar-refractivity contribution in [3.63, 3.8) is 0 Å². The summed E-state index contributed by atoms with van der Waals surface area (Å²) in [6, 6.07) is 0. The van der Waals surface area contributed by atoms with Gasteiger partial charge in [-0.3, -0.25) is 0 Å². The van der Waals surface area contributed by atoms with Gasteiger partial charge in [-0.05, 0) is 98.2 Å². The second-order valence-electron chi connectivity index (χ2n) is 9.49. The van der Waals surface area contributed by atoms with Gasteiger partial charge in [-0.1, -0.05) is 69.2 Å². The van der Waals surface area contributed by atoms with E-state index in [1.807, 2.05) is 0 Å². The maximum absolute atomic E-state index is 2.40. The maximum Gasteiger partial charge on any atom is 0 e. The quantitative estimate of drug-likeness (QED) is 0.279. The third-order valence-corrected chi connectivity index (χ3v) is 16.5. The molecule has 4 unspecified atom stereocenters. The van der Waals surface area contributed by atoms with Crippen LogP contribution in [0.15, 0.2) is 0 Å². The van der Waals surface area contributed by atoms with Crippen LogP contribution in [-0.4, -0.2) is 34.0 Å². The summed E-state index contributed by atoms with van der Waals surface area (Å²) in [5, 5.41) is 0. The summed E-state index contributed by atoms with van der Waals surface area (Å²) >= 11 is 0. The van der Waals surface area contributed by atoms with Crippen molar-refractivity contribution in [1.29, 1.82) is 0 Å². The average molecular weight is 452 g/mol. The third kappa shape index (κ3) is 5.75. The van der Waals surface area contributed by atoms with Crippen molar-refractivity contribution in [2.24, 2.45) is 0 Å². The second kappa shape index (κ2) is 12.3. The minimum absolute atomic E-state index is 0. The monoisotopic (exact) mass is 452 g/mol. The first-order valence-corrected chi connectivity index (χ1v) is 15.4. The van der Waals surface area contributed by atoms with E-state index in [9.17, 15) is 0 Å². The Morgan fingerprint density at radius 3 is 1.00 bits per heavy atom. The summed E-state index contributed by atoms with van der Waals surface area (Å²) in [7, 11) is 0.948. The molecule has 4 fully saturated rings. The van der Waals surface area contributed by atoms with Gasteiger partial charge in [0, 0.05) is 17.1 Å². The summed E-state index contributed by atoms with van der Waals surface area (Å²) in [4.78, 5) is 0. The van der Waals surface area contributed by atoms with Crippen molar-refractivity contribution in [1.82, 2.24) is 0 Å². The van der Waals surface area contributed by atoms with Crippen LogP contribution in [0.1, 0.15) is 118 Å². The zero-order valence-electron chi connectivity index (χ0n) is 18.6. The van der Waals surface area contributed by atoms with Gasteiger partial charge in [0.2, 0.25) is 0 Å². The molecule has 0 radical (unpaired) electrons. The Morgan fingerprint density at radius 1 is 0.519 bits per heavy atom. The van der Waals surface area contributed by atoms with E-state index in [-0.39, 0.29) is 17.1 Å². The van der Waals surface area contributed by atoms with Gasteiger partial charge in [0.15, 0.2) is 0 Å². The molecule has 4 atom stereocenters. The Morgan fingerprint density at radius 2 is 0.778 bits per heavy atom. The minimum atomic E-state index is 0.